The highest BCUT2D eigenvalue weighted by Gasteiger charge is 2.57. The molecule has 0 unspecified atom stereocenters. The van der Waals surface area contributed by atoms with Gasteiger partial charge in [-0.25, -0.2) is 0 Å². The normalized spacial score (nSPS) is 17.9. The first-order valence-electron chi connectivity index (χ1n) is 9.30. The minimum atomic E-state index is -4.78. The van der Waals surface area contributed by atoms with Gasteiger partial charge in [0.1, 0.15) is 0 Å². The molecule has 0 fully saturated rings. The highest BCUT2D eigenvalue weighted by atomic mass is 32.2. The summed E-state index contributed by atoms with van der Waals surface area (Å²) >= 11 is 0. The van der Waals surface area contributed by atoms with Gasteiger partial charge in [-0.15, -0.1) is 0 Å². The van der Waals surface area contributed by atoms with E-state index < -0.39 is 26.9 Å². The molecule has 1 aromatic heterocycles. The van der Waals surface area contributed by atoms with Crippen LogP contribution in [-0.4, -0.2) is 39.5 Å². The second-order valence-electron chi connectivity index (χ2n) is 7.69. The van der Waals surface area contributed by atoms with E-state index in [0.29, 0.717) is 21.2 Å². The van der Waals surface area contributed by atoms with Crippen LogP contribution in [0.2, 0.25) is 0 Å². The van der Waals surface area contributed by atoms with Crippen molar-refractivity contribution < 1.29 is 31.0 Å². The second-order valence-corrected chi connectivity index (χ2v) is 9.05. The lowest BCUT2D eigenvalue weighted by Crippen LogP contribution is -2.51. The fourth-order valence-corrected chi connectivity index (χ4v) is 5.65. The lowest BCUT2D eigenvalue weighted by molar-refractivity contribution is -0.384. The summed E-state index contributed by atoms with van der Waals surface area (Å²) in [6, 6.07) is 7.01. The van der Waals surface area contributed by atoms with Crippen molar-refractivity contribution in [2.45, 2.75) is 27.7 Å². The number of nitrogens with zero attached hydrogens (tertiary/aromatic N) is 3. The Hall–Kier alpha value is -3.12. The minimum Gasteiger partial charge on any atom is -0.393 e. The van der Waals surface area contributed by atoms with E-state index in [2.05, 4.69) is 0 Å². The van der Waals surface area contributed by atoms with Crippen LogP contribution in [0.3, 0.4) is 0 Å². The van der Waals surface area contributed by atoms with Crippen LogP contribution >= 0.6 is 0 Å². The number of rotatable bonds is 3. The van der Waals surface area contributed by atoms with Crippen molar-refractivity contribution in [1.82, 2.24) is 4.48 Å². The number of halogens is 2. The number of non-ortho nitro benzene ring substituents is 1. The first kappa shape index (κ1) is 21.1. The quantitative estimate of drug-likeness (QED) is 0.333. The maximum absolute atomic E-state index is 15.8. The van der Waals surface area contributed by atoms with Crippen molar-refractivity contribution in [3.05, 3.63) is 79.1 Å². The number of allylic oxidation sites excluding steroid dienone is 2. The average molecular weight is 449 g/mol. The zero-order valence-electron chi connectivity index (χ0n) is 17.1. The van der Waals surface area contributed by atoms with E-state index in [1.54, 1.807) is 13.0 Å². The number of nitro benzene ring substituents is 1. The molecule has 0 aliphatic carbocycles. The molecule has 1 N–H and O–H groups in total. The highest BCUT2D eigenvalue weighted by molar-refractivity contribution is 7.90. The van der Waals surface area contributed by atoms with Gasteiger partial charge in [0.2, 0.25) is 0 Å². The minimum absolute atomic E-state index is 0.0144. The largest absolute Gasteiger partial charge is 0.737 e. The standard InChI is InChI=1S/C19H18BF2N3O5S/c1-10-9-11(2)23-17(10)16(14-5-7-15(8-6-14)25(26)27)18-12(3)19(31(28,29)30)13(4)24(18)20(23,21)22/h5-9H,1-4H3,(H,28,29,30). The van der Waals surface area contributed by atoms with Crippen LogP contribution in [0.25, 0.3) is 5.57 Å². The van der Waals surface area contributed by atoms with Crippen LogP contribution in [0.5, 0.6) is 0 Å². The number of nitro groups is 1. The highest BCUT2D eigenvalue weighted by Crippen LogP contribution is 2.46. The van der Waals surface area contributed by atoms with Crippen LogP contribution in [0.4, 0.5) is 14.3 Å². The van der Waals surface area contributed by atoms with E-state index in [1.807, 2.05) is 0 Å². The van der Waals surface area contributed by atoms with Crippen molar-refractivity contribution >= 4 is 34.1 Å². The number of fused-ring (bicyclic) bond motifs is 2. The summed E-state index contributed by atoms with van der Waals surface area (Å²) in [6.45, 7) is 1.31. The van der Waals surface area contributed by atoms with Crippen LogP contribution in [-0.2, 0) is 10.1 Å². The van der Waals surface area contributed by atoms with Crippen LogP contribution in [0.15, 0.2) is 46.5 Å². The molecular weight excluding hydrogens is 431 g/mol. The summed E-state index contributed by atoms with van der Waals surface area (Å²) in [5.41, 5.74) is 1.23. The molecule has 0 spiro atoms. The molecule has 2 aliphatic rings. The van der Waals surface area contributed by atoms with Crippen LogP contribution < -0.4 is 0 Å². The van der Waals surface area contributed by atoms with E-state index in [-0.39, 0.29) is 34.1 Å². The van der Waals surface area contributed by atoms with Crippen molar-refractivity contribution in [1.29, 1.82) is 0 Å². The monoisotopic (exact) mass is 449 g/mol. The maximum atomic E-state index is 15.8. The Balaban J connectivity index is 2.19. The van der Waals surface area contributed by atoms with Crippen LogP contribution in [0, 0.1) is 24.0 Å². The first-order valence-corrected chi connectivity index (χ1v) is 10.7. The van der Waals surface area contributed by atoms with Gasteiger partial charge in [0.25, 0.3) is 5.69 Å². The summed E-state index contributed by atoms with van der Waals surface area (Å²) in [5.74, 6) is 0. The summed E-state index contributed by atoms with van der Waals surface area (Å²) in [4.78, 5) is 9.90. The number of benzene rings is 1. The van der Waals surface area contributed by atoms with Gasteiger partial charge in [0, 0.05) is 30.3 Å². The first-order chi connectivity index (χ1) is 14.3. The van der Waals surface area contributed by atoms with Gasteiger partial charge in [-0.2, -0.15) is 8.42 Å². The molecule has 0 atom stereocenters. The molecular formula is C19H18BF2N3O5S. The molecule has 0 amide bonds. The predicted molar refractivity (Wildman–Crippen MR) is 112 cm³/mol. The number of hydrogen-bond acceptors (Lipinski definition) is 4. The average Bonchev–Trinajstić information content (AvgIpc) is 3.09. The summed E-state index contributed by atoms with van der Waals surface area (Å²) < 4.78 is 66.9. The number of hydrogen-bond donors (Lipinski definition) is 1. The fourth-order valence-electron chi connectivity index (χ4n) is 4.70. The van der Waals surface area contributed by atoms with E-state index >= 15 is 8.63 Å². The Morgan fingerprint density at radius 1 is 1.13 bits per heavy atom. The third kappa shape index (κ3) is 2.82. The van der Waals surface area contributed by atoms with Gasteiger partial charge >= 0.3 is 17.1 Å². The Kier molecular flexibility index (Phi) is 4.39. The molecule has 2 aliphatic heterocycles. The van der Waals surface area contributed by atoms with Crippen molar-refractivity contribution in [2.75, 3.05) is 0 Å². The number of aryl methyl sites for hydroxylation is 2. The van der Waals surface area contributed by atoms with Gasteiger partial charge in [-0.3, -0.25) is 14.7 Å². The Morgan fingerprint density at radius 2 is 1.71 bits per heavy atom. The van der Waals surface area contributed by atoms with Gasteiger partial charge in [-0.05, 0) is 55.8 Å². The van der Waals surface area contributed by atoms with Gasteiger partial charge in [-0.1, -0.05) is 0 Å². The Morgan fingerprint density at radius 3 is 2.23 bits per heavy atom. The molecule has 162 valence electrons. The third-order valence-corrected chi connectivity index (χ3v) is 6.88. The van der Waals surface area contributed by atoms with Gasteiger partial charge < -0.3 is 17.6 Å². The SMILES string of the molecule is CC1=C(S(=O)(=O)O)C(C)=[N+]2C1=C(c1ccc([N+](=O)[O-])cc1)c1c(C)cc(C)n1[B-]2(F)F. The lowest BCUT2D eigenvalue weighted by Gasteiger charge is -2.33. The van der Waals surface area contributed by atoms with E-state index in [0.717, 1.165) is 4.48 Å². The second kappa shape index (κ2) is 6.44. The number of aromatic nitrogens is 1. The maximum Gasteiger partial charge on any atom is 0.737 e. The molecule has 0 radical (unpaired) electrons. The van der Waals surface area contributed by atoms with Crippen LogP contribution in [0.1, 0.15) is 36.4 Å². The zero-order valence-corrected chi connectivity index (χ0v) is 17.9. The van der Waals surface area contributed by atoms with Gasteiger partial charge in [0.05, 0.1) is 10.5 Å². The molecule has 31 heavy (non-hydrogen) atoms. The molecule has 12 heteroatoms. The molecule has 0 saturated carbocycles. The lowest BCUT2D eigenvalue weighted by atomic mass is 9.84. The van der Waals surface area contributed by atoms with E-state index in [4.69, 9.17) is 0 Å². The van der Waals surface area contributed by atoms with Crippen molar-refractivity contribution in [2.24, 2.45) is 0 Å². The summed E-state index contributed by atoms with van der Waals surface area (Å²) in [5, 5.41) is 11.0. The molecule has 0 saturated heterocycles. The summed E-state index contributed by atoms with van der Waals surface area (Å²) in [6.07, 6.45) is 0. The topological polar surface area (TPSA) is 105 Å². The third-order valence-electron chi connectivity index (χ3n) is 5.77. The molecule has 1 aromatic carbocycles. The smallest absolute Gasteiger partial charge is 0.393 e. The van der Waals surface area contributed by atoms with Gasteiger partial charge in [0.15, 0.2) is 16.3 Å². The van der Waals surface area contributed by atoms with Crippen molar-refractivity contribution in [3.8, 4) is 0 Å². The molecule has 2 aromatic rings. The zero-order chi connectivity index (χ0) is 23.0. The molecule has 3 heterocycles. The molecule has 0 bridgehead atoms. The van der Waals surface area contributed by atoms with E-state index in [1.165, 1.54) is 45.0 Å². The van der Waals surface area contributed by atoms with Crippen molar-refractivity contribution in [3.63, 3.8) is 0 Å². The molecule has 4 rings (SSSR count). The molecule has 8 nitrogen and oxygen atoms in total. The summed E-state index contributed by atoms with van der Waals surface area (Å²) in [7, 11) is -4.78. The fraction of sp³-hybridized carbons (Fsp3) is 0.211. The van der Waals surface area contributed by atoms with E-state index in [9.17, 15) is 23.1 Å². The Bertz CT molecular complexity index is 1390. The predicted octanol–water partition coefficient (Wildman–Crippen LogP) is 3.66. The Labute approximate surface area is 176 Å².